The van der Waals surface area contributed by atoms with Crippen LogP contribution in [0.5, 0.6) is 0 Å². The van der Waals surface area contributed by atoms with Crippen molar-refractivity contribution in [2.45, 2.75) is 64.0 Å². The van der Waals surface area contributed by atoms with Gasteiger partial charge < -0.3 is 10.6 Å². The molecule has 2 aliphatic carbocycles. The van der Waals surface area contributed by atoms with Gasteiger partial charge >= 0.3 is 0 Å². The molecule has 3 rings (SSSR count). The van der Waals surface area contributed by atoms with Crippen molar-refractivity contribution in [1.82, 2.24) is 4.90 Å². The van der Waals surface area contributed by atoms with Gasteiger partial charge in [-0.3, -0.25) is 4.79 Å². The molecule has 3 fully saturated rings. The van der Waals surface area contributed by atoms with Crippen molar-refractivity contribution in [2.24, 2.45) is 23.5 Å². The van der Waals surface area contributed by atoms with Crippen LogP contribution in [0, 0.1) is 17.8 Å². The molecule has 1 heterocycles. The molecule has 3 heteroatoms. The first-order valence-electron chi connectivity index (χ1n) is 7.71. The largest absolute Gasteiger partial charge is 0.338 e. The minimum absolute atomic E-state index is 0.167. The smallest absolute Gasteiger partial charge is 0.239 e. The first-order valence-corrected chi connectivity index (χ1v) is 7.71. The van der Waals surface area contributed by atoms with Crippen molar-refractivity contribution >= 4 is 5.91 Å². The lowest BCUT2D eigenvalue weighted by Gasteiger charge is -2.31. The number of carbonyl (C=O) groups excluding carboxylic acids is 1. The summed E-state index contributed by atoms with van der Waals surface area (Å²) >= 11 is 0. The van der Waals surface area contributed by atoms with Crippen molar-refractivity contribution in [3.63, 3.8) is 0 Å². The fraction of sp³-hybridized carbons (Fsp3) is 0.933. The molecule has 0 spiro atoms. The zero-order valence-corrected chi connectivity index (χ0v) is 11.5. The maximum absolute atomic E-state index is 12.1. The van der Waals surface area contributed by atoms with Gasteiger partial charge in [0.05, 0.1) is 6.04 Å². The molecule has 0 aromatic rings. The molecule has 1 amide bonds. The molecule has 0 aromatic heterocycles. The highest BCUT2D eigenvalue weighted by molar-refractivity contribution is 5.81. The molecule has 18 heavy (non-hydrogen) atoms. The van der Waals surface area contributed by atoms with Crippen molar-refractivity contribution in [1.29, 1.82) is 0 Å². The van der Waals surface area contributed by atoms with Crippen LogP contribution in [0.1, 0.15) is 51.9 Å². The summed E-state index contributed by atoms with van der Waals surface area (Å²) in [6.45, 7) is 2.75. The highest BCUT2D eigenvalue weighted by atomic mass is 16.2. The molecular formula is C15H26N2O. The second-order valence-electron chi connectivity index (χ2n) is 6.79. The number of hydrogen-bond donors (Lipinski definition) is 1. The Kier molecular flexibility index (Phi) is 3.35. The zero-order chi connectivity index (χ0) is 12.7. The highest BCUT2D eigenvalue weighted by Crippen LogP contribution is 2.50. The van der Waals surface area contributed by atoms with E-state index in [0.29, 0.717) is 6.04 Å². The van der Waals surface area contributed by atoms with Crippen LogP contribution in [-0.4, -0.2) is 29.4 Å². The Morgan fingerprint density at radius 1 is 1.33 bits per heavy atom. The molecule has 1 saturated heterocycles. The number of carbonyl (C=O) groups is 1. The molecule has 2 saturated carbocycles. The normalized spacial score (nSPS) is 40.4. The van der Waals surface area contributed by atoms with E-state index in [1.165, 1.54) is 44.9 Å². The average molecular weight is 250 g/mol. The van der Waals surface area contributed by atoms with Crippen LogP contribution in [0.4, 0.5) is 0 Å². The van der Waals surface area contributed by atoms with E-state index in [0.717, 1.165) is 24.3 Å². The minimum atomic E-state index is -0.328. The van der Waals surface area contributed by atoms with Gasteiger partial charge in [0.2, 0.25) is 5.91 Å². The highest BCUT2D eigenvalue weighted by Gasteiger charge is 2.42. The van der Waals surface area contributed by atoms with E-state index in [4.69, 9.17) is 5.73 Å². The molecule has 0 radical (unpaired) electrons. The van der Waals surface area contributed by atoms with Gasteiger partial charge in [0.15, 0.2) is 0 Å². The summed E-state index contributed by atoms with van der Waals surface area (Å²) < 4.78 is 0. The van der Waals surface area contributed by atoms with E-state index in [-0.39, 0.29) is 11.9 Å². The third-order valence-electron chi connectivity index (χ3n) is 5.51. The number of amides is 1. The van der Waals surface area contributed by atoms with Gasteiger partial charge in [-0.25, -0.2) is 0 Å². The predicted octanol–water partition coefficient (Wildman–Crippen LogP) is 2.15. The molecule has 3 nitrogen and oxygen atoms in total. The summed E-state index contributed by atoms with van der Waals surface area (Å²) in [7, 11) is 0. The summed E-state index contributed by atoms with van der Waals surface area (Å²) in [5, 5.41) is 0. The molecule has 102 valence electrons. The quantitative estimate of drug-likeness (QED) is 0.834. The van der Waals surface area contributed by atoms with E-state index < -0.39 is 0 Å². The maximum Gasteiger partial charge on any atom is 0.239 e. The van der Waals surface area contributed by atoms with Crippen LogP contribution in [0.3, 0.4) is 0 Å². The molecule has 4 unspecified atom stereocenters. The second-order valence-corrected chi connectivity index (χ2v) is 6.79. The molecular weight excluding hydrogens is 224 g/mol. The number of rotatable bonds is 3. The Morgan fingerprint density at radius 3 is 2.78 bits per heavy atom. The van der Waals surface area contributed by atoms with Gasteiger partial charge in [-0.1, -0.05) is 6.42 Å². The summed E-state index contributed by atoms with van der Waals surface area (Å²) in [5.41, 5.74) is 5.76. The lowest BCUT2D eigenvalue weighted by molar-refractivity contribution is -0.133. The monoisotopic (exact) mass is 250 g/mol. The minimum Gasteiger partial charge on any atom is -0.338 e. The van der Waals surface area contributed by atoms with Gasteiger partial charge in [-0.05, 0) is 63.2 Å². The molecule has 5 atom stereocenters. The summed E-state index contributed by atoms with van der Waals surface area (Å²) in [4.78, 5) is 14.2. The first-order chi connectivity index (χ1) is 8.65. The van der Waals surface area contributed by atoms with Gasteiger partial charge in [-0.2, -0.15) is 0 Å². The van der Waals surface area contributed by atoms with Crippen LogP contribution >= 0.6 is 0 Å². The van der Waals surface area contributed by atoms with Crippen LogP contribution in [-0.2, 0) is 4.79 Å². The maximum atomic E-state index is 12.1. The Hall–Kier alpha value is -0.570. The van der Waals surface area contributed by atoms with Gasteiger partial charge in [0.25, 0.3) is 0 Å². The number of hydrogen-bond acceptors (Lipinski definition) is 2. The number of fused-ring (bicyclic) bond motifs is 2. The topological polar surface area (TPSA) is 46.3 Å². The number of likely N-dealkylation sites (tertiary alicyclic amines) is 1. The molecule has 3 aliphatic rings. The van der Waals surface area contributed by atoms with Gasteiger partial charge in [-0.15, -0.1) is 0 Å². The third-order valence-corrected chi connectivity index (χ3v) is 5.51. The fourth-order valence-corrected chi connectivity index (χ4v) is 4.65. The average Bonchev–Trinajstić information content (AvgIpc) is 3.03. The summed E-state index contributed by atoms with van der Waals surface area (Å²) in [6, 6.07) is 0.165. The third kappa shape index (κ3) is 2.18. The lowest BCUT2D eigenvalue weighted by Crippen LogP contribution is -2.45. The van der Waals surface area contributed by atoms with E-state index >= 15 is 0 Å². The molecule has 0 aromatic carbocycles. The fourth-order valence-electron chi connectivity index (χ4n) is 4.65. The lowest BCUT2D eigenvalue weighted by atomic mass is 9.83. The predicted molar refractivity (Wildman–Crippen MR) is 71.9 cm³/mol. The Labute approximate surface area is 110 Å². The van der Waals surface area contributed by atoms with Gasteiger partial charge in [0.1, 0.15) is 0 Å². The van der Waals surface area contributed by atoms with Crippen LogP contribution in [0.15, 0.2) is 0 Å². The van der Waals surface area contributed by atoms with Crippen molar-refractivity contribution in [3.8, 4) is 0 Å². The Morgan fingerprint density at radius 2 is 2.17 bits per heavy atom. The number of nitrogens with two attached hydrogens (primary N) is 1. The molecule has 2 bridgehead atoms. The van der Waals surface area contributed by atoms with E-state index in [9.17, 15) is 4.79 Å². The second kappa shape index (κ2) is 4.84. The van der Waals surface area contributed by atoms with E-state index in [1.54, 1.807) is 0 Å². The molecule has 1 aliphatic heterocycles. The van der Waals surface area contributed by atoms with Crippen LogP contribution in [0.2, 0.25) is 0 Å². The standard InChI is InChI=1S/C15H26N2O/c1-10(16)15(18)17-6-2-3-14(17)9-13-8-11-4-5-12(13)7-11/h10-14H,2-9,16H2,1H3/t10-,11?,12?,13?,14?/m0/s1. The zero-order valence-electron chi connectivity index (χ0n) is 11.5. The van der Waals surface area contributed by atoms with Gasteiger partial charge in [0, 0.05) is 12.6 Å². The van der Waals surface area contributed by atoms with E-state index in [2.05, 4.69) is 4.90 Å². The first kappa shape index (κ1) is 12.5. The molecule has 2 N–H and O–H groups in total. The number of nitrogens with zero attached hydrogens (tertiary/aromatic N) is 1. The Balaban J connectivity index is 1.60. The Bertz CT molecular complexity index is 328. The summed E-state index contributed by atoms with van der Waals surface area (Å²) in [5.74, 6) is 3.05. The van der Waals surface area contributed by atoms with Crippen LogP contribution < -0.4 is 5.73 Å². The van der Waals surface area contributed by atoms with Crippen molar-refractivity contribution in [2.75, 3.05) is 6.54 Å². The SMILES string of the molecule is C[C@H](N)C(=O)N1CCCC1CC1CC2CCC1C2. The van der Waals surface area contributed by atoms with Crippen molar-refractivity contribution in [3.05, 3.63) is 0 Å². The van der Waals surface area contributed by atoms with E-state index in [1.807, 2.05) is 6.92 Å². The summed E-state index contributed by atoms with van der Waals surface area (Å²) in [6.07, 6.45) is 9.44. The van der Waals surface area contributed by atoms with Crippen molar-refractivity contribution < 1.29 is 4.79 Å². The van der Waals surface area contributed by atoms with Crippen LogP contribution in [0.25, 0.3) is 0 Å².